The third kappa shape index (κ3) is 10.0. The lowest BCUT2D eigenvalue weighted by Crippen LogP contribution is -2.09. The monoisotopic (exact) mass is 308 g/mol. The summed E-state index contributed by atoms with van der Waals surface area (Å²) in [6.45, 7) is 0. The summed E-state index contributed by atoms with van der Waals surface area (Å²) in [6.07, 6.45) is 23.8. The van der Waals surface area contributed by atoms with Gasteiger partial charge in [-0.2, -0.15) is 0 Å². The molecule has 116 valence electrons. The van der Waals surface area contributed by atoms with Gasteiger partial charge in [0.2, 0.25) is 0 Å². The molecule has 0 spiro atoms. The fourth-order valence-corrected chi connectivity index (χ4v) is 1.17. The second-order valence-corrected chi connectivity index (χ2v) is 3.82. The van der Waals surface area contributed by atoms with E-state index in [-0.39, 0.29) is 5.71 Å². The molecule has 23 heavy (non-hydrogen) atoms. The van der Waals surface area contributed by atoms with Gasteiger partial charge in [-0.3, -0.25) is 15.0 Å². The van der Waals surface area contributed by atoms with Crippen LogP contribution in [0.3, 0.4) is 0 Å². The largest absolute Gasteiger partial charge is 0.477 e. The van der Waals surface area contributed by atoms with Crippen molar-refractivity contribution >= 4 is 30.3 Å². The normalized spacial score (nSPS) is 15.7. The van der Waals surface area contributed by atoms with Crippen molar-refractivity contribution in [2.24, 2.45) is 20.0 Å². The highest BCUT2D eigenvalue weighted by Gasteiger charge is 2.02. The summed E-state index contributed by atoms with van der Waals surface area (Å²) in [4.78, 5) is 26.8. The van der Waals surface area contributed by atoms with Gasteiger partial charge in [0.15, 0.2) is 0 Å². The van der Waals surface area contributed by atoms with Crippen LogP contribution < -0.4 is 0 Å². The van der Waals surface area contributed by atoms with Crippen molar-refractivity contribution in [1.29, 1.82) is 0 Å². The Bertz CT molecular complexity index is 673. The number of aliphatic imine (C=N–C) groups is 4. The molecular formula is C17H16N4O2. The van der Waals surface area contributed by atoms with Gasteiger partial charge in [-0.25, -0.2) is 9.79 Å². The maximum atomic E-state index is 11.0. The molecule has 0 aromatic heterocycles. The van der Waals surface area contributed by atoms with Crippen LogP contribution in [-0.4, -0.2) is 35.4 Å². The summed E-state index contributed by atoms with van der Waals surface area (Å²) in [5, 5.41) is 9.01. The minimum absolute atomic E-state index is 0.0971. The molecule has 1 aliphatic rings. The van der Waals surface area contributed by atoms with Gasteiger partial charge < -0.3 is 5.11 Å². The molecule has 0 aliphatic carbocycles. The molecule has 6 heteroatoms. The average molecular weight is 308 g/mol. The highest BCUT2D eigenvalue weighted by atomic mass is 16.4. The maximum absolute atomic E-state index is 11.0. The third-order valence-corrected chi connectivity index (χ3v) is 2.14. The lowest BCUT2D eigenvalue weighted by Gasteiger charge is -1.89. The molecule has 0 atom stereocenters. The number of carboxylic acid groups (broad SMARTS) is 1. The summed E-state index contributed by atoms with van der Waals surface area (Å²) in [5.41, 5.74) is -0.0971. The third-order valence-electron chi connectivity index (χ3n) is 2.14. The van der Waals surface area contributed by atoms with Crippen LogP contribution in [0.1, 0.15) is 0 Å². The van der Waals surface area contributed by atoms with Crippen LogP contribution in [0.4, 0.5) is 0 Å². The molecule has 0 fully saturated rings. The van der Waals surface area contributed by atoms with Gasteiger partial charge in [0.25, 0.3) is 0 Å². The quantitative estimate of drug-likeness (QED) is 0.807. The molecule has 0 bridgehead atoms. The standard InChI is InChI=1S/C17H16N4O2/c22-17(23)16-8-7-14-20-12-4-3-10-18-9-1-2-11-19-13-5-6-15-21-16/h1-15H,(H,22,23). The second kappa shape index (κ2) is 12.3. The Morgan fingerprint density at radius 2 is 1.17 bits per heavy atom. The SMILES string of the molecule is O=C(O)C1=NC=CC=CN=CC=CC=NC=CC=CN=CC=C1. The molecule has 1 N–H and O–H groups in total. The fraction of sp³-hybridized carbons (Fsp3) is 0. The van der Waals surface area contributed by atoms with E-state index in [0.717, 1.165) is 0 Å². The molecule has 0 saturated carbocycles. The van der Waals surface area contributed by atoms with Gasteiger partial charge in [0.1, 0.15) is 5.71 Å². The molecule has 0 amide bonds. The summed E-state index contributed by atoms with van der Waals surface area (Å²) < 4.78 is 0. The van der Waals surface area contributed by atoms with Crippen molar-refractivity contribution in [3.8, 4) is 0 Å². The minimum atomic E-state index is -1.12. The van der Waals surface area contributed by atoms with Gasteiger partial charge in [-0.05, 0) is 48.6 Å². The highest BCUT2D eigenvalue weighted by molar-refractivity contribution is 6.40. The number of allylic oxidation sites excluding steroid dienone is 7. The van der Waals surface area contributed by atoms with E-state index in [1.165, 1.54) is 24.6 Å². The van der Waals surface area contributed by atoms with E-state index in [4.69, 9.17) is 5.11 Å². The van der Waals surface area contributed by atoms with Crippen LogP contribution >= 0.6 is 0 Å². The van der Waals surface area contributed by atoms with Gasteiger partial charge in [0.05, 0.1) is 0 Å². The molecular weight excluding hydrogens is 292 g/mol. The lowest BCUT2D eigenvalue weighted by molar-refractivity contribution is -0.129. The Labute approximate surface area is 134 Å². The summed E-state index contributed by atoms with van der Waals surface area (Å²) >= 11 is 0. The van der Waals surface area contributed by atoms with Gasteiger partial charge in [-0.1, -0.05) is 0 Å². The maximum Gasteiger partial charge on any atom is 0.354 e. The number of aliphatic carboxylic acids is 1. The first-order valence-electron chi connectivity index (χ1n) is 6.66. The molecule has 0 radical (unpaired) electrons. The van der Waals surface area contributed by atoms with Crippen molar-refractivity contribution in [3.05, 3.63) is 73.4 Å². The number of rotatable bonds is 1. The van der Waals surface area contributed by atoms with E-state index < -0.39 is 5.97 Å². The highest BCUT2D eigenvalue weighted by Crippen LogP contribution is 1.88. The molecule has 0 unspecified atom stereocenters. The number of nitrogens with zero attached hydrogens (tertiary/aromatic N) is 4. The van der Waals surface area contributed by atoms with Crippen molar-refractivity contribution in [3.63, 3.8) is 0 Å². The van der Waals surface area contributed by atoms with E-state index in [2.05, 4.69) is 20.0 Å². The van der Waals surface area contributed by atoms with Crippen LogP contribution in [0.2, 0.25) is 0 Å². The number of hydrogen-bond donors (Lipinski definition) is 1. The lowest BCUT2D eigenvalue weighted by atomic mass is 10.3. The van der Waals surface area contributed by atoms with E-state index in [1.807, 2.05) is 0 Å². The van der Waals surface area contributed by atoms with Crippen LogP contribution in [0.15, 0.2) is 93.4 Å². The number of hydrogen-bond acceptors (Lipinski definition) is 5. The first kappa shape index (κ1) is 17.6. The number of carbonyl (C=O) groups is 1. The minimum Gasteiger partial charge on any atom is -0.477 e. The molecule has 6 nitrogen and oxygen atoms in total. The van der Waals surface area contributed by atoms with Gasteiger partial charge in [0, 0.05) is 43.4 Å². The Balaban J connectivity index is 2.90. The first-order valence-corrected chi connectivity index (χ1v) is 6.66. The van der Waals surface area contributed by atoms with Crippen molar-refractivity contribution in [2.75, 3.05) is 0 Å². The zero-order valence-electron chi connectivity index (χ0n) is 12.3. The predicted molar refractivity (Wildman–Crippen MR) is 95.4 cm³/mol. The van der Waals surface area contributed by atoms with Gasteiger partial charge in [-0.15, -0.1) is 0 Å². The average Bonchev–Trinajstić information content (AvgIpc) is 2.53. The van der Waals surface area contributed by atoms with Crippen molar-refractivity contribution < 1.29 is 9.90 Å². The molecule has 1 heterocycles. The first-order chi connectivity index (χ1) is 11.3. The zero-order valence-corrected chi connectivity index (χ0v) is 12.3. The summed E-state index contributed by atoms with van der Waals surface area (Å²) in [7, 11) is 0. The van der Waals surface area contributed by atoms with Crippen molar-refractivity contribution in [1.82, 2.24) is 0 Å². The molecule has 0 saturated heterocycles. The predicted octanol–water partition coefficient (Wildman–Crippen LogP) is 2.91. The van der Waals surface area contributed by atoms with Crippen LogP contribution in [0, 0.1) is 0 Å². The molecule has 1 aliphatic heterocycles. The van der Waals surface area contributed by atoms with Crippen LogP contribution in [0.5, 0.6) is 0 Å². The summed E-state index contributed by atoms with van der Waals surface area (Å²) in [5.74, 6) is -1.12. The Kier molecular flexibility index (Phi) is 9.46. The molecule has 0 aromatic carbocycles. The van der Waals surface area contributed by atoms with Crippen molar-refractivity contribution in [2.45, 2.75) is 0 Å². The second-order valence-electron chi connectivity index (χ2n) is 3.82. The van der Waals surface area contributed by atoms with E-state index in [0.29, 0.717) is 0 Å². The fourth-order valence-electron chi connectivity index (χ4n) is 1.17. The van der Waals surface area contributed by atoms with Gasteiger partial charge >= 0.3 is 5.97 Å². The Hall–Kier alpha value is -3.41. The number of carboxylic acids is 1. The van der Waals surface area contributed by atoms with Crippen LogP contribution in [-0.2, 0) is 4.79 Å². The van der Waals surface area contributed by atoms with E-state index in [9.17, 15) is 4.79 Å². The van der Waals surface area contributed by atoms with Crippen LogP contribution in [0.25, 0.3) is 0 Å². The molecule has 1 rings (SSSR count). The Morgan fingerprint density at radius 3 is 1.70 bits per heavy atom. The smallest absolute Gasteiger partial charge is 0.354 e. The van der Waals surface area contributed by atoms with E-state index >= 15 is 0 Å². The van der Waals surface area contributed by atoms with E-state index in [1.54, 1.807) is 67.5 Å². The Morgan fingerprint density at radius 1 is 0.696 bits per heavy atom. The zero-order chi connectivity index (χ0) is 16.6. The summed E-state index contributed by atoms with van der Waals surface area (Å²) in [6, 6.07) is 0. The topological polar surface area (TPSA) is 86.7 Å². The molecule has 0 aromatic rings.